The topological polar surface area (TPSA) is 21.3 Å². The van der Waals surface area contributed by atoms with Crippen LogP contribution >= 0.6 is 31.9 Å². The lowest BCUT2D eigenvalue weighted by Gasteiger charge is -2.13. The highest BCUT2D eigenvalue weighted by Gasteiger charge is 2.06. The van der Waals surface area contributed by atoms with Crippen molar-refractivity contribution in [3.05, 3.63) is 56.0 Å². The fourth-order valence-electron chi connectivity index (χ4n) is 2.11. The van der Waals surface area contributed by atoms with Gasteiger partial charge in [-0.3, -0.25) is 0 Å². The summed E-state index contributed by atoms with van der Waals surface area (Å²) in [6, 6.07) is 10.4. The lowest BCUT2D eigenvalue weighted by atomic mass is 10.1. The maximum atomic E-state index is 5.28. The molecule has 0 bridgehead atoms. The van der Waals surface area contributed by atoms with Crippen molar-refractivity contribution in [3.63, 3.8) is 0 Å². The molecule has 2 rings (SSSR count). The number of hydrogen-bond acceptors (Lipinski definition) is 2. The third-order valence-corrected chi connectivity index (χ3v) is 4.37. The predicted octanol–water partition coefficient (Wildman–Crippen LogP) is 5.45. The number of methoxy groups -OCH3 is 1. The van der Waals surface area contributed by atoms with E-state index in [-0.39, 0.29) is 0 Å². The number of nitrogens with one attached hydrogen (secondary N) is 1. The third kappa shape index (κ3) is 3.55. The molecule has 0 aliphatic carbocycles. The van der Waals surface area contributed by atoms with Gasteiger partial charge in [-0.05, 0) is 80.6 Å². The Balaban J connectivity index is 2.15. The van der Waals surface area contributed by atoms with Crippen LogP contribution in [0.3, 0.4) is 0 Å². The number of halogens is 2. The van der Waals surface area contributed by atoms with Gasteiger partial charge in [0.25, 0.3) is 0 Å². The summed E-state index contributed by atoms with van der Waals surface area (Å²) in [4.78, 5) is 0. The predicted molar refractivity (Wildman–Crippen MR) is 91.6 cm³/mol. The molecule has 0 amide bonds. The molecule has 0 fully saturated rings. The fourth-order valence-corrected chi connectivity index (χ4v) is 3.81. The van der Waals surface area contributed by atoms with Gasteiger partial charge in [0.15, 0.2) is 0 Å². The smallest absolute Gasteiger partial charge is 0.121 e. The summed E-state index contributed by atoms with van der Waals surface area (Å²) in [6.07, 6.45) is 0. The van der Waals surface area contributed by atoms with Crippen LogP contribution in [0.15, 0.2) is 39.3 Å². The third-order valence-electron chi connectivity index (χ3n) is 3.11. The number of anilines is 1. The molecule has 0 aliphatic rings. The van der Waals surface area contributed by atoms with Crippen molar-refractivity contribution in [1.82, 2.24) is 0 Å². The quantitative estimate of drug-likeness (QED) is 0.739. The van der Waals surface area contributed by atoms with Crippen molar-refractivity contribution < 1.29 is 4.74 Å². The molecule has 0 radical (unpaired) electrons. The van der Waals surface area contributed by atoms with Crippen molar-refractivity contribution in [1.29, 1.82) is 0 Å². The molecule has 20 heavy (non-hydrogen) atoms. The zero-order valence-electron chi connectivity index (χ0n) is 11.8. The van der Waals surface area contributed by atoms with Crippen LogP contribution < -0.4 is 10.1 Å². The summed E-state index contributed by atoms with van der Waals surface area (Å²) in [6.45, 7) is 4.90. The van der Waals surface area contributed by atoms with E-state index >= 15 is 0 Å². The summed E-state index contributed by atoms with van der Waals surface area (Å²) in [7, 11) is 1.70. The number of aryl methyl sites for hydroxylation is 2. The summed E-state index contributed by atoms with van der Waals surface area (Å²) in [5, 5.41) is 3.45. The average Bonchev–Trinajstić information content (AvgIpc) is 2.37. The van der Waals surface area contributed by atoms with Crippen molar-refractivity contribution in [2.75, 3.05) is 12.4 Å². The standard InChI is InChI=1S/C16H17Br2NO/c1-10-6-13(17)16(14(18)7-10)19-9-12-4-5-15(20-3)11(2)8-12/h4-8,19H,9H2,1-3H3. The molecule has 0 saturated heterocycles. The molecule has 106 valence electrons. The number of hydrogen-bond donors (Lipinski definition) is 1. The first kappa shape index (κ1) is 15.4. The summed E-state index contributed by atoms with van der Waals surface area (Å²) < 4.78 is 7.41. The van der Waals surface area contributed by atoms with Crippen LogP contribution in [0.4, 0.5) is 5.69 Å². The molecule has 2 aromatic carbocycles. The molecule has 0 heterocycles. The normalized spacial score (nSPS) is 10.4. The zero-order chi connectivity index (χ0) is 14.7. The van der Waals surface area contributed by atoms with E-state index in [9.17, 15) is 0 Å². The summed E-state index contributed by atoms with van der Waals surface area (Å²) in [5.74, 6) is 0.923. The Bertz CT molecular complexity index is 603. The maximum absolute atomic E-state index is 5.28. The minimum Gasteiger partial charge on any atom is -0.496 e. The Morgan fingerprint density at radius 1 is 1.05 bits per heavy atom. The van der Waals surface area contributed by atoms with E-state index < -0.39 is 0 Å². The largest absolute Gasteiger partial charge is 0.496 e. The van der Waals surface area contributed by atoms with E-state index in [2.05, 4.69) is 75.3 Å². The van der Waals surface area contributed by atoms with Gasteiger partial charge in [-0.15, -0.1) is 0 Å². The van der Waals surface area contributed by atoms with Crippen molar-refractivity contribution in [3.8, 4) is 5.75 Å². The van der Waals surface area contributed by atoms with Gasteiger partial charge in [-0.25, -0.2) is 0 Å². The molecule has 0 atom stereocenters. The zero-order valence-corrected chi connectivity index (χ0v) is 14.9. The number of benzene rings is 2. The van der Waals surface area contributed by atoms with Crippen LogP contribution in [-0.4, -0.2) is 7.11 Å². The van der Waals surface area contributed by atoms with Crippen LogP contribution in [-0.2, 0) is 6.54 Å². The fraction of sp³-hybridized carbons (Fsp3) is 0.250. The Morgan fingerprint density at radius 2 is 1.70 bits per heavy atom. The van der Waals surface area contributed by atoms with Gasteiger partial charge >= 0.3 is 0 Å². The molecule has 0 unspecified atom stereocenters. The first-order valence-corrected chi connectivity index (χ1v) is 7.93. The van der Waals surface area contributed by atoms with Crippen molar-refractivity contribution >= 4 is 37.5 Å². The molecule has 0 aliphatic heterocycles. The van der Waals surface area contributed by atoms with Gasteiger partial charge in [0.1, 0.15) is 5.75 Å². The second-order valence-corrected chi connectivity index (χ2v) is 6.47. The summed E-state index contributed by atoms with van der Waals surface area (Å²) in [5.41, 5.74) is 4.66. The first-order valence-electron chi connectivity index (χ1n) is 6.34. The van der Waals surface area contributed by atoms with E-state index in [1.807, 2.05) is 6.07 Å². The van der Waals surface area contributed by atoms with Gasteiger partial charge in [-0.2, -0.15) is 0 Å². The molecule has 1 N–H and O–H groups in total. The van der Waals surface area contributed by atoms with Crippen molar-refractivity contribution in [2.45, 2.75) is 20.4 Å². The molecule has 0 saturated carbocycles. The molecule has 4 heteroatoms. The molecule has 2 aromatic rings. The van der Waals surface area contributed by atoms with E-state index in [1.54, 1.807) is 7.11 Å². The first-order chi connectivity index (χ1) is 9.51. The number of rotatable bonds is 4. The highest BCUT2D eigenvalue weighted by atomic mass is 79.9. The highest BCUT2D eigenvalue weighted by molar-refractivity contribution is 9.11. The van der Waals surface area contributed by atoms with Crippen LogP contribution in [0.5, 0.6) is 5.75 Å². The van der Waals surface area contributed by atoms with Crippen LogP contribution in [0.2, 0.25) is 0 Å². The average molecular weight is 399 g/mol. The van der Waals surface area contributed by atoms with Gasteiger partial charge < -0.3 is 10.1 Å². The Morgan fingerprint density at radius 3 is 2.25 bits per heavy atom. The maximum Gasteiger partial charge on any atom is 0.121 e. The second kappa shape index (κ2) is 6.64. The molecule has 0 aromatic heterocycles. The van der Waals surface area contributed by atoms with Gasteiger partial charge in [0.2, 0.25) is 0 Å². The van der Waals surface area contributed by atoms with Gasteiger partial charge in [0, 0.05) is 15.5 Å². The minimum atomic E-state index is 0.769. The lowest BCUT2D eigenvalue weighted by Crippen LogP contribution is -2.02. The SMILES string of the molecule is COc1ccc(CNc2c(Br)cc(C)cc2Br)cc1C. The van der Waals surface area contributed by atoms with Crippen LogP contribution in [0.1, 0.15) is 16.7 Å². The Kier molecular flexibility index (Phi) is 5.11. The van der Waals surface area contributed by atoms with Gasteiger partial charge in [-0.1, -0.05) is 12.1 Å². The molecular formula is C16H17Br2NO. The second-order valence-electron chi connectivity index (χ2n) is 4.76. The van der Waals surface area contributed by atoms with E-state index in [4.69, 9.17) is 4.74 Å². The van der Waals surface area contributed by atoms with E-state index in [0.717, 1.165) is 32.5 Å². The minimum absolute atomic E-state index is 0.769. The van der Waals surface area contributed by atoms with Crippen LogP contribution in [0, 0.1) is 13.8 Å². The Labute approximate surface area is 136 Å². The monoisotopic (exact) mass is 397 g/mol. The van der Waals surface area contributed by atoms with Gasteiger partial charge in [0.05, 0.1) is 12.8 Å². The lowest BCUT2D eigenvalue weighted by molar-refractivity contribution is 0.411. The number of ether oxygens (including phenoxy) is 1. The Hall–Kier alpha value is -1.00. The van der Waals surface area contributed by atoms with E-state index in [1.165, 1.54) is 11.1 Å². The molecular weight excluding hydrogens is 382 g/mol. The molecule has 2 nitrogen and oxygen atoms in total. The van der Waals surface area contributed by atoms with E-state index in [0.29, 0.717) is 0 Å². The molecule has 0 spiro atoms. The van der Waals surface area contributed by atoms with Crippen molar-refractivity contribution in [2.24, 2.45) is 0 Å². The summed E-state index contributed by atoms with van der Waals surface area (Å²) >= 11 is 7.19. The van der Waals surface area contributed by atoms with Crippen LogP contribution in [0.25, 0.3) is 0 Å². The highest BCUT2D eigenvalue weighted by Crippen LogP contribution is 2.32.